The molecule has 2 atom stereocenters. The van der Waals surface area contributed by atoms with Gasteiger partial charge >= 0.3 is 0 Å². The number of hydrogen-bond acceptors (Lipinski definition) is 5. The van der Waals surface area contributed by atoms with Gasteiger partial charge in [-0.3, -0.25) is 4.90 Å². The van der Waals surface area contributed by atoms with E-state index in [1.807, 2.05) is 6.92 Å². The third-order valence-corrected chi connectivity index (χ3v) is 4.28. The smallest absolute Gasteiger partial charge is 0.138 e. The predicted molar refractivity (Wildman–Crippen MR) is 86.1 cm³/mol. The lowest BCUT2D eigenvalue weighted by molar-refractivity contribution is -0.0159. The maximum atomic E-state index is 6.20. The molecule has 118 valence electrons. The van der Waals surface area contributed by atoms with Gasteiger partial charge in [-0.1, -0.05) is 18.5 Å². The molecule has 2 heterocycles. The molecule has 1 saturated heterocycles. The van der Waals surface area contributed by atoms with Crippen molar-refractivity contribution >= 4 is 17.4 Å². The topological polar surface area (TPSA) is 50.3 Å². The van der Waals surface area contributed by atoms with Crippen LogP contribution in [0.15, 0.2) is 0 Å². The number of nitrogens with zero attached hydrogens (tertiary/aromatic N) is 3. The summed E-state index contributed by atoms with van der Waals surface area (Å²) in [7, 11) is 0. The number of morpholine rings is 1. The summed E-state index contributed by atoms with van der Waals surface area (Å²) < 4.78 is 5.49. The van der Waals surface area contributed by atoms with Gasteiger partial charge < -0.3 is 10.1 Å². The van der Waals surface area contributed by atoms with Gasteiger partial charge in [-0.15, -0.1) is 0 Å². The van der Waals surface area contributed by atoms with Crippen molar-refractivity contribution in [3.63, 3.8) is 0 Å². The van der Waals surface area contributed by atoms with Crippen LogP contribution in [0.25, 0.3) is 0 Å². The van der Waals surface area contributed by atoms with Crippen molar-refractivity contribution in [2.75, 3.05) is 31.6 Å². The molecule has 0 bridgehead atoms. The average molecular weight is 313 g/mol. The van der Waals surface area contributed by atoms with E-state index in [1.54, 1.807) is 0 Å². The van der Waals surface area contributed by atoms with E-state index >= 15 is 0 Å². The third kappa shape index (κ3) is 4.05. The Hall–Kier alpha value is -0.910. The lowest BCUT2D eigenvalue weighted by Crippen LogP contribution is -2.50. The number of hydrogen-bond donors (Lipinski definition) is 1. The quantitative estimate of drug-likeness (QED) is 0.847. The van der Waals surface area contributed by atoms with Crippen molar-refractivity contribution in [2.45, 2.75) is 46.2 Å². The van der Waals surface area contributed by atoms with Gasteiger partial charge in [-0.05, 0) is 27.2 Å². The lowest BCUT2D eigenvalue weighted by Gasteiger charge is -2.38. The zero-order valence-corrected chi connectivity index (χ0v) is 14.1. The molecule has 0 radical (unpaired) electrons. The van der Waals surface area contributed by atoms with Gasteiger partial charge in [0, 0.05) is 30.7 Å². The molecule has 2 unspecified atom stereocenters. The second-order valence-corrected chi connectivity index (χ2v) is 5.99. The number of anilines is 1. The number of aryl methyl sites for hydroxylation is 1. The summed E-state index contributed by atoms with van der Waals surface area (Å²) in [4.78, 5) is 11.2. The third-order valence-electron chi connectivity index (χ3n) is 3.97. The highest BCUT2D eigenvalue weighted by Crippen LogP contribution is 2.22. The molecule has 1 aromatic rings. The summed E-state index contributed by atoms with van der Waals surface area (Å²) in [6.07, 6.45) is 0.823. The fraction of sp³-hybridized carbons (Fsp3) is 0.733. The zero-order chi connectivity index (χ0) is 15.4. The summed E-state index contributed by atoms with van der Waals surface area (Å²) in [6, 6.07) is 0.875. The molecular weight excluding hydrogens is 288 g/mol. The van der Waals surface area contributed by atoms with Crippen molar-refractivity contribution in [1.29, 1.82) is 0 Å². The van der Waals surface area contributed by atoms with Crippen molar-refractivity contribution in [1.82, 2.24) is 14.9 Å². The van der Waals surface area contributed by atoms with Crippen LogP contribution in [0.4, 0.5) is 5.82 Å². The lowest BCUT2D eigenvalue weighted by atomic mass is 10.1. The molecule has 6 heteroatoms. The Balaban J connectivity index is 2.02. The van der Waals surface area contributed by atoms with E-state index in [9.17, 15) is 0 Å². The molecule has 0 spiro atoms. The van der Waals surface area contributed by atoms with E-state index in [-0.39, 0.29) is 0 Å². The largest absolute Gasteiger partial charge is 0.379 e. The summed E-state index contributed by atoms with van der Waals surface area (Å²) in [5.41, 5.74) is 0.990. The Labute approximate surface area is 132 Å². The zero-order valence-electron chi connectivity index (χ0n) is 13.3. The van der Waals surface area contributed by atoms with Crippen LogP contribution in [0.5, 0.6) is 0 Å². The van der Waals surface area contributed by atoms with Gasteiger partial charge in [0.05, 0.1) is 13.2 Å². The Morgan fingerprint density at radius 1 is 1.48 bits per heavy atom. The second-order valence-electron chi connectivity index (χ2n) is 5.63. The van der Waals surface area contributed by atoms with Crippen LogP contribution in [-0.2, 0) is 11.2 Å². The van der Waals surface area contributed by atoms with Gasteiger partial charge in [0.15, 0.2) is 0 Å². The SMILES string of the molecule is CCc1c(Cl)nc(C)nc1NCC(C)N1CCOCC1C. The Kier molecular flexibility index (Phi) is 5.79. The highest BCUT2D eigenvalue weighted by Gasteiger charge is 2.23. The molecule has 2 rings (SSSR count). The van der Waals surface area contributed by atoms with E-state index in [4.69, 9.17) is 16.3 Å². The Morgan fingerprint density at radius 3 is 2.90 bits per heavy atom. The first-order valence-electron chi connectivity index (χ1n) is 7.63. The van der Waals surface area contributed by atoms with Crippen LogP contribution in [0, 0.1) is 6.92 Å². The molecule has 1 fully saturated rings. The van der Waals surface area contributed by atoms with Gasteiger partial charge in [-0.25, -0.2) is 9.97 Å². The van der Waals surface area contributed by atoms with Gasteiger partial charge in [0.25, 0.3) is 0 Å². The molecular formula is C15H25ClN4O. The second kappa shape index (κ2) is 7.38. The van der Waals surface area contributed by atoms with Crippen LogP contribution >= 0.6 is 11.6 Å². The molecule has 5 nitrogen and oxygen atoms in total. The first-order valence-corrected chi connectivity index (χ1v) is 8.01. The maximum Gasteiger partial charge on any atom is 0.138 e. The van der Waals surface area contributed by atoms with Crippen LogP contribution in [-0.4, -0.2) is 53.3 Å². The summed E-state index contributed by atoms with van der Waals surface area (Å²) in [5, 5.41) is 4.00. The van der Waals surface area contributed by atoms with Gasteiger partial charge in [-0.2, -0.15) is 0 Å². The monoisotopic (exact) mass is 312 g/mol. The molecule has 1 aliphatic heterocycles. The van der Waals surface area contributed by atoms with E-state index in [1.165, 1.54) is 0 Å². The highest BCUT2D eigenvalue weighted by atomic mass is 35.5. The van der Waals surface area contributed by atoms with Crippen molar-refractivity contribution < 1.29 is 4.74 Å². The Bertz CT molecular complexity index is 483. The molecule has 0 saturated carbocycles. The maximum absolute atomic E-state index is 6.20. The molecule has 1 aromatic heterocycles. The fourth-order valence-electron chi connectivity index (χ4n) is 2.78. The van der Waals surface area contributed by atoms with E-state index < -0.39 is 0 Å². The summed E-state index contributed by atoms with van der Waals surface area (Å²) in [6.45, 7) is 11.8. The molecule has 1 aliphatic rings. The van der Waals surface area contributed by atoms with Gasteiger partial charge in [0.2, 0.25) is 0 Å². The van der Waals surface area contributed by atoms with Crippen LogP contribution in [0.2, 0.25) is 5.15 Å². The number of rotatable bonds is 5. The summed E-state index contributed by atoms with van der Waals surface area (Å²) >= 11 is 6.20. The number of ether oxygens (including phenoxy) is 1. The number of halogens is 1. The van der Waals surface area contributed by atoms with E-state index in [0.717, 1.165) is 44.1 Å². The minimum absolute atomic E-state index is 0.419. The van der Waals surface area contributed by atoms with E-state index in [2.05, 4.69) is 41.0 Å². The molecule has 0 amide bonds. The normalized spacial score (nSPS) is 21.3. The number of nitrogens with one attached hydrogen (secondary N) is 1. The highest BCUT2D eigenvalue weighted by molar-refractivity contribution is 6.30. The Morgan fingerprint density at radius 2 is 2.24 bits per heavy atom. The van der Waals surface area contributed by atoms with Crippen LogP contribution in [0.1, 0.15) is 32.2 Å². The fourth-order valence-corrected chi connectivity index (χ4v) is 3.12. The number of aromatic nitrogens is 2. The van der Waals surface area contributed by atoms with Crippen LogP contribution < -0.4 is 5.32 Å². The van der Waals surface area contributed by atoms with Gasteiger partial charge in [0.1, 0.15) is 16.8 Å². The average Bonchev–Trinajstić information content (AvgIpc) is 2.44. The van der Waals surface area contributed by atoms with Crippen molar-refractivity contribution in [2.24, 2.45) is 0 Å². The minimum Gasteiger partial charge on any atom is -0.379 e. The van der Waals surface area contributed by atoms with Crippen LogP contribution in [0.3, 0.4) is 0 Å². The standard InChI is InChI=1S/C15H25ClN4O/c1-5-13-14(16)18-12(4)19-15(13)17-8-10(2)20-6-7-21-9-11(20)3/h10-11H,5-9H2,1-4H3,(H,17,18,19). The first kappa shape index (κ1) is 16.5. The summed E-state index contributed by atoms with van der Waals surface area (Å²) in [5.74, 6) is 1.56. The van der Waals surface area contributed by atoms with Crippen molar-refractivity contribution in [3.8, 4) is 0 Å². The molecule has 0 aromatic carbocycles. The molecule has 21 heavy (non-hydrogen) atoms. The van der Waals surface area contributed by atoms with Crippen molar-refractivity contribution in [3.05, 3.63) is 16.5 Å². The molecule has 1 N–H and O–H groups in total. The predicted octanol–water partition coefficient (Wildman–Crippen LogP) is 2.52. The molecule has 0 aliphatic carbocycles. The van der Waals surface area contributed by atoms with E-state index in [0.29, 0.717) is 23.1 Å². The minimum atomic E-state index is 0.419. The first-order chi connectivity index (χ1) is 10.0.